The van der Waals surface area contributed by atoms with E-state index < -0.39 is 0 Å². The standard InChI is InChI=1S/C13H12O2S2/c1-10-7-8-12(16-10)17-13(14)15-9-11-5-3-2-4-6-11/h2-8H,9H2,1H3. The summed E-state index contributed by atoms with van der Waals surface area (Å²) in [5.41, 5.74) is 1.00. The molecule has 0 atom stereocenters. The van der Waals surface area contributed by atoms with E-state index in [2.05, 4.69) is 0 Å². The minimum atomic E-state index is -0.254. The monoisotopic (exact) mass is 264 g/mol. The summed E-state index contributed by atoms with van der Waals surface area (Å²) in [5, 5.41) is -0.254. The fraction of sp³-hybridized carbons (Fsp3) is 0.154. The number of hydrogen-bond donors (Lipinski definition) is 0. The maximum absolute atomic E-state index is 11.5. The summed E-state index contributed by atoms with van der Waals surface area (Å²) < 4.78 is 6.14. The average Bonchev–Trinajstić information content (AvgIpc) is 2.73. The second-order valence-electron chi connectivity index (χ2n) is 3.49. The largest absolute Gasteiger partial charge is 0.452 e. The van der Waals surface area contributed by atoms with E-state index in [0.29, 0.717) is 6.61 Å². The Morgan fingerprint density at radius 2 is 2.00 bits per heavy atom. The highest BCUT2D eigenvalue weighted by Gasteiger charge is 2.07. The molecule has 1 heterocycles. The lowest BCUT2D eigenvalue weighted by molar-refractivity contribution is 0.169. The molecule has 0 radical (unpaired) electrons. The van der Waals surface area contributed by atoms with Crippen molar-refractivity contribution in [3.05, 3.63) is 52.9 Å². The number of carbonyl (C=O) groups excluding carboxylic acids is 1. The zero-order chi connectivity index (χ0) is 12.1. The van der Waals surface area contributed by atoms with E-state index >= 15 is 0 Å². The van der Waals surface area contributed by atoms with Gasteiger partial charge in [0.25, 0.3) is 0 Å². The number of rotatable bonds is 3. The predicted octanol–water partition coefficient (Wildman–Crippen LogP) is 4.49. The number of thiophene rings is 1. The molecule has 0 amide bonds. The van der Waals surface area contributed by atoms with Crippen molar-refractivity contribution in [2.45, 2.75) is 17.7 Å². The van der Waals surface area contributed by atoms with Crippen LogP contribution in [0.3, 0.4) is 0 Å². The molecule has 0 N–H and O–H groups in total. The second-order valence-corrected chi connectivity index (χ2v) is 6.02. The average molecular weight is 264 g/mol. The summed E-state index contributed by atoms with van der Waals surface area (Å²) in [5.74, 6) is 0. The van der Waals surface area contributed by atoms with Gasteiger partial charge in [-0.1, -0.05) is 30.3 Å². The smallest absolute Gasteiger partial charge is 0.373 e. The fourth-order valence-electron chi connectivity index (χ4n) is 1.30. The molecule has 0 spiro atoms. The number of ether oxygens (including phenoxy) is 1. The fourth-order valence-corrected chi connectivity index (χ4v) is 3.07. The molecule has 4 heteroatoms. The molecule has 0 unspecified atom stereocenters. The molecule has 88 valence electrons. The summed E-state index contributed by atoms with van der Waals surface area (Å²) in [6.07, 6.45) is 0. The summed E-state index contributed by atoms with van der Waals surface area (Å²) in [4.78, 5) is 12.7. The van der Waals surface area contributed by atoms with Crippen LogP contribution in [0.15, 0.2) is 46.7 Å². The first-order chi connectivity index (χ1) is 8.24. The van der Waals surface area contributed by atoms with E-state index in [4.69, 9.17) is 4.74 Å². The van der Waals surface area contributed by atoms with Crippen LogP contribution in [0.5, 0.6) is 0 Å². The number of benzene rings is 1. The van der Waals surface area contributed by atoms with Crippen molar-refractivity contribution < 1.29 is 9.53 Å². The molecule has 2 aromatic rings. The van der Waals surface area contributed by atoms with E-state index in [9.17, 15) is 4.79 Å². The van der Waals surface area contributed by atoms with Gasteiger partial charge in [0.1, 0.15) is 6.61 Å². The Kier molecular flexibility index (Phi) is 4.23. The lowest BCUT2D eigenvalue weighted by Crippen LogP contribution is -1.97. The van der Waals surface area contributed by atoms with Gasteiger partial charge in [0, 0.05) is 16.6 Å². The van der Waals surface area contributed by atoms with Gasteiger partial charge in [-0.15, -0.1) is 11.3 Å². The summed E-state index contributed by atoms with van der Waals surface area (Å²) in [6, 6.07) is 13.6. The summed E-state index contributed by atoms with van der Waals surface area (Å²) >= 11 is 2.74. The Hall–Kier alpha value is -1.26. The van der Waals surface area contributed by atoms with E-state index in [-0.39, 0.29) is 5.30 Å². The molecule has 0 bridgehead atoms. The summed E-state index contributed by atoms with van der Waals surface area (Å²) in [7, 11) is 0. The molecule has 0 aliphatic rings. The molecule has 0 fully saturated rings. The first-order valence-corrected chi connectivity index (χ1v) is 6.82. The Morgan fingerprint density at radius 1 is 1.24 bits per heavy atom. The molecular weight excluding hydrogens is 252 g/mol. The van der Waals surface area contributed by atoms with Crippen LogP contribution in [0.2, 0.25) is 0 Å². The van der Waals surface area contributed by atoms with Gasteiger partial charge in [0.2, 0.25) is 0 Å². The van der Waals surface area contributed by atoms with Crippen LogP contribution >= 0.6 is 23.1 Å². The van der Waals surface area contributed by atoms with E-state index in [0.717, 1.165) is 21.5 Å². The SMILES string of the molecule is Cc1ccc(SC(=O)OCc2ccccc2)s1. The van der Waals surface area contributed by atoms with Gasteiger partial charge in [-0.2, -0.15) is 0 Å². The van der Waals surface area contributed by atoms with Gasteiger partial charge in [-0.05, 0) is 24.6 Å². The lowest BCUT2D eigenvalue weighted by Gasteiger charge is -2.02. The number of aryl methyl sites for hydroxylation is 1. The van der Waals surface area contributed by atoms with Crippen molar-refractivity contribution in [2.24, 2.45) is 0 Å². The number of thioether (sulfide) groups is 1. The molecule has 2 rings (SSSR count). The summed E-state index contributed by atoms with van der Waals surface area (Å²) in [6.45, 7) is 2.35. The van der Waals surface area contributed by atoms with Crippen molar-refractivity contribution in [2.75, 3.05) is 0 Å². The third-order valence-electron chi connectivity index (χ3n) is 2.10. The molecule has 0 saturated carbocycles. The Bertz CT molecular complexity index is 491. The quantitative estimate of drug-likeness (QED) is 0.603. The molecule has 2 nitrogen and oxygen atoms in total. The predicted molar refractivity (Wildman–Crippen MR) is 71.5 cm³/mol. The van der Waals surface area contributed by atoms with Crippen molar-refractivity contribution in [3.63, 3.8) is 0 Å². The maximum Gasteiger partial charge on any atom is 0.373 e. The second kappa shape index (κ2) is 5.89. The van der Waals surface area contributed by atoms with E-state index in [1.54, 1.807) is 11.3 Å². The van der Waals surface area contributed by atoms with Crippen LogP contribution in [0.25, 0.3) is 0 Å². The zero-order valence-electron chi connectivity index (χ0n) is 9.38. The topological polar surface area (TPSA) is 26.3 Å². The maximum atomic E-state index is 11.5. The zero-order valence-corrected chi connectivity index (χ0v) is 11.0. The molecule has 17 heavy (non-hydrogen) atoms. The Labute approximate surface area is 109 Å². The third kappa shape index (κ3) is 3.91. The highest BCUT2D eigenvalue weighted by molar-refractivity contribution is 8.14. The Balaban J connectivity index is 1.82. The molecule has 1 aromatic heterocycles. The molecule has 0 aliphatic carbocycles. The van der Waals surface area contributed by atoms with Crippen LogP contribution in [-0.4, -0.2) is 5.30 Å². The van der Waals surface area contributed by atoms with Crippen LogP contribution in [-0.2, 0) is 11.3 Å². The lowest BCUT2D eigenvalue weighted by atomic mass is 10.2. The van der Waals surface area contributed by atoms with E-state index in [1.807, 2.05) is 49.4 Å². The first kappa shape index (κ1) is 12.2. The molecule has 0 saturated heterocycles. The van der Waals surface area contributed by atoms with Crippen LogP contribution in [0.1, 0.15) is 10.4 Å². The van der Waals surface area contributed by atoms with Crippen molar-refractivity contribution in [3.8, 4) is 0 Å². The normalized spacial score (nSPS) is 10.2. The van der Waals surface area contributed by atoms with Gasteiger partial charge < -0.3 is 4.74 Å². The molecule has 0 aliphatic heterocycles. The van der Waals surface area contributed by atoms with Crippen molar-refractivity contribution in [1.82, 2.24) is 0 Å². The van der Waals surface area contributed by atoms with Gasteiger partial charge in [-0.25, -0.2) is 4.79 Å². The van der Waals surface area contributed by atoms with Crippen molar-refractivity contribution >= 4 is 28.4 Å². The Morgan fingerprint density at radius 3 is 2.65 bits per heavy atom. The first-order valence-electron chi connectivity index (χ1n) is 5.19. The van der Waals surface area contributed by atoms with Crippen LogP contribution in [0, 0.1) is 6.92 Å². The van der Waals surface area contributed by atoms with Gasteiger partial charge in [0.15, 0.2) is 0 Å². The van der Waals surface area contributed by atoms with Crippen molar-refractivity contribution in [1.29, 1.82) is 0 Å². The highest BCUT2D eigenvalue weighted by atomic mass is 32.2. The molecule has 1 aromatic carbocycles. The van der Waals surface area contributed by atoms with Gasteiger partial charge >= 0.3 is 5.30 Å². The number of carbonyl (C=O) groups is 1. The molecular formula is C13H12O2S2. The minimum absolute atomic E-state index is 0.254. The van der Waals surface area contributed by atoms with Gasteiger partial charge in [0.05, 0.1) is 4.21 Å². The van der Waals surface area contributed by atoms with Crippen LogP contribution < -0.4 is 0 Å². The third-order valence-corrected chi connectivity index (χ3v) is 4.02. The van der Waals surface area contributed by atoms with Crippen LogP contribution in [0.4, 0.5) is 4.79 Å². The highest BCUT2D eigenvalue weighted by Crippen LogP contribution is 2.28. The minimum Gasteiger partial charge on any atom is -0.452 e. The van der Waals surface area contributed by atoms with Gasteiger partial charge in [-0.3, -0.25) is 0 Å². The van der Waals surface area contributed by atoms with E-state index in [1.165, 1.54) is 4.88 Å². The number of hydrogen-bond acceptors (Lipinski definition) is 4.